The molecule has 0 bridgehead atoms. The highest BCUT2D eigenvalue weighted by Gasteiger charge is 2.46. The molecule has 4 heterocycles. The topological polar surface area (TPSA) is 36.3 Å². The SMILES string of the molecule is [3H]CCC[N+]1=C(/C=C/C=C2/N(CCCO)c3ccc4c(c3C2(C)C)c2ccccc2n4C)C(C)(C)c2c1ccc1c2c2ccccc2n1C. The zero-order valence-corrected chi connectivity index (χ0v) is 29.1. The van der Waals surface area contributed by atoms with Gasteiger partial charge in [-0.05, 0) is 62.2 Å². The Morgan fingerprint density at radius 3 is 2.04 bits per heavy atom. The molecule has 2 aliphatic heterocycles. The van der Waals surface area contributed by atoms with Crippen molar-refractivity contribution in [3.8, 4) is 0 Å². The Morgan fingerprint density at radius 2 is 1.40 bits per heavy atom. The minimum absolute atomic E-state index is 0.157. The molecule has 2 aliphatic rings. The number of aliphatic hydroxyl groups is 1. The molecule has 0 fully saturated rings. The fraction of sp³-hybridized carbons (Fsp3) is 0.326. The number of aromatic nitrogens is 2. The zero-order chi connectivity index (χ0) is 34.2. The fourth-order valence-electron chi connectivity index (χ4n) is 9.08. The Labute approximate surface area is 285 Å². The second-order valence-corrected chi connectivity index (χ2v) is 14.6. The zero-order valence-electron chi connectivity index (χ0n) is 30.1. The molecule has 0 saturated heterocycles. The van der Waals surface area contributed by atoms with Gasteiger partial charge in [0.05, 0.1) is 5.41 Å². The summed E-state index contributed by atoms with van der Waals surface area (Å²) in [5, 5.41) is 15.2. The minimum atomic E-state index is -0.252. The molecule has 0 saturated carbocycles. The smallest absolute Gasteiger partial charge is 0.210 e. The number of anilines is 1. The van der Waals surface area contributed by atoms with Crippen LogP contribution in [-0.2, 0) is 24.9 Å². The van der Waals surface area contributed by atoms with Crippen molar-refractivity contribution in [3.05, 3.63) is 108 Å². The highest BCUT2D eigenvalue weighted by Crippen LogP contribution is 2.53. The molecule has 0 unspecified atom stereocenters. The summed E-state index contributed by atoms with van der Waals surface area (Å²) in [7, 11) is 4.34. The van der Waals surface area contributed by atoms with Crippen LogP contribution >= 0.6 is 0 Å². The molecule has 8 rings (SSSR count). The third-order valence-corrected chi connectivity index (χ3v) is 11.2. The van der Waals surface area contributed by atoms with Crippen molar-refractivity contribution in [1.82, 2.24) is 9.13 Å². The van der Waals surface area contributed by atoms with Gasteiger partial charge in [-0.1, -0.05) is 63.2 Å². The molecule has 2 aromatic heterocycles. The molecule has 0 amide bonds. The lowest BCUT2D eigenvalue weighted by molar-refractivity contribution is -0.437. The Morgan fingerprint density at radius 1 is 0.771 bits per heavy atom. The molecule has 6 aromatic rings. The van der Waals surface area contributed by atoms with E-state index in [9.17, 15) is 5.11 Å². The van der Waals surface area contributed by atoms with Crippen molar-refractivity contribution in [2.75, 3.05) is 24.6 Å². The first-order valence-electron chi connectivity index (χ1n) is 18.1. The van der Waals surface area contributed by atoms with Crippen molar-refractivity contribution in [1.29, 1.82) is 0 Å². The van der Waals surface area contributed by atoms with Gasteiger partial charge >= 0.3 is 0 Å². The van der Waals surface area contributed by atoms with Crippen LogP contribution in [0.4, 0.5) is 11.4 Å². The normalized spacial score (nSPS) is 18.0. The lowest BCUT2D eigenvalue weighted by Gasteiger charge is -2.27. The number of fused-ring (bicyclic) bond motifs is 10. The van der Waals surface area contributed by atoms with Crippen molar-refractivity contribution >= 4 is 60.7 Å². The molecule has 0 aliphatic carbocycles. The maximum absolute atomic E-state index is 9.93. The van der Waals surface area contributed by atoms with E-state index in [0.717, 1.165) is 19.5 Å². The number of hydrogen-bond acceptors (Lipinski definition) is 2. The summed E-state index contributed by atoms with van der Waals surface area (Å²) in [5.74, 6) is 0. The molecular weight excluding hydrogens is 589 g/mol. The maximum Gasteiger partial charge on any atom is 0.210 e. The first kappa shape index (κ1) is 29.5. The number of allylic oxidation sites excluding steroid dienone is 4. The molecule has 0 spiro atoms. The molecule has 4 aromatic carbocycles. The van der Waals surface area contributed by atoms with Gasteiger partial charge in [-0.2, -0.15) is 4.58 Å². The van der Waals surface area contributed by atoms with Crippen LogP contribution < -0.4 is 4.90 Å². The monoisotopic (exact) mass is 637 g/mol. The summed E-state index contributed by atoms with van der Waals surface area (Å²) in [6.07, 6.45) is 8.40. The van der Waals surface area contributed by atoms with E-state index in [0.29, 0.717) is 13.3 Å². The molecule has 48 heavy (non-hydrogen) atoms. The Kier molecular flexibility index (Phi) is 6.74. The molecule has 5 heteroatoms. The quantitative estimate of drug-likeness (QED) is 0.177. The van der Waals surface area contributed by atoms with Gasteiger partial charge in [-0.15, -0.1) is 0 Å². The second-order valence-electron chi connectivity index (χ2n) is 14.6. The second kappa shape index (κ2) is 11.0. The summed E-state index contributed by atoms with van der Waals surface area (Å²) >= 11 is 0. The highest BCUT2D eigenvalue weighted by molar-refractivity contribution is 6.16. The molecule has 1 N–H and O–H groups in total. The van der Waals surface area contributed by atoms with Crippen LogP contribution in [0.15, 0.2) is 96.7 Å². The van der Waals surface area contributed by atoms with E-state index in [2.05, 4.69) is 151 Å². The van der Waals surface area contributed by atoms with Crippen LogP contribution in [-0.4, -0.2) is 44.2 Å². The Hall–Kier alpha value is -4.61. The Bertz CT molecular complexity index is 2400. The average molecular weight is 638 g/mol. The molecule has 244 valence electrons. The van der Waals surface area contributed by atoms with Crippen molar-refractivity contribution in [2.24, 2.45) is 14.1 Å². The van der Waals surface area contributed by atoms with Gasteiger partial charge in [0.1, 0.15) is 6.54 Å². The van der Waals surface area contributed by atoms with Crippen LogP contribution in [0.1, 0.15) is 59.9 Å². The van der Waals surface area contributed by atoms with Crippen molar-refractivity contribution < 1.29 is 11.1 Å². The van der Waals surface area contributed by atoms with Crippen LogP contribution in [0, 0.1) is 0 Å². The van der Waals surface area contributed by atoms with E-state index in [1.54, 1.807) is 0 Å². The summed E-state index contributed by atoms with van der Waals surface area (Å²) in [6, 6.07) is 26.6. The lowest BCUT2D eigenvalue weighted by Crippen LogP contribution is -2.28. The van der Waals surface area contributed by atoms with Gasteiger partial charge in [0.15, 0.2) is 5.71 Å². The molecule has 5 nitrogen and oxygen atoms in total. The Balaban J connectivity index is 1.28. The van der Waals surface area contributed by atoms with Gasteiger partial charge in [-0.25, -0.2) is 0 Å². The van der Waals surface area contributed by atoms with Crippen LogP contribution in [0.3, 0.4) is 0 Å². The maximum atomic E-state index is 9.93. The van der Waals surface area contributed by atoms with E-state index in [-0.39, 0.29) is 17.4 Å². The minimum Gasteiger partial charge on any atom is -0.396 e. The summed E-state index contributed by atoms with van der Waals surface area (Å²) in [5.41, 5.74) is 12.2. The highest BCUT2D eigenvalue weighted by atomic mass is 16.3. The first-order valence-corrected chi connectivity index (χ1v) is 17.4. The summed E-state index contributed by atoms with van der Waals surface area (Å²) < 4.78 is 15.1. The van der Waals surface area contributed by atoms with Gasteiger partial charge in [0, 0.05) is 113 Å². The standard InChI is InChI=1S/C43H47N4O/c1-8-25-46-34-23-21-32-38(28-15-9-11-17-30(28)44(32)6)40(34)42(2,3)36(46)19-13-20-37-43(4,5)41-35(47(37)26-14-27-48)24-22-33-39(41)29-16-10-12-18-31(29)45(33)7/h9-13,15-24,48H,8,14,25-27H2,1-7H3/q+1/i1T. The number of aryl methyl sites for hydroxylation is 2. The molecule has 0 radical (unpaired) electrons. The van der Waals surface area contributed by atoms with E-state index in [1.807, 2.05) is 0 Å². The third-order valence-electron chi connectivity index (χ3n) is 11.2. The van der Waals surface area contributed by atoms with Crippen molar-refractivity contribution in [2.45, 2.75) is 58.3 Å². The molecule has 0 atom stereocenters. The number of aliphatic hydroxyl groups excluding tert-OH is 1. The third kappa shape index (κ3) is 4.10. The van der Waals surface area contributed by atoms with Gasteiger partial charge in [0.2, 0.25) is 5.69 Å². The van der Waals surface area contributed by atoms with Gasteiger partial charge in [-0.3, -0.25) is 0 Å². The lowest BCUT2D eigenvalue weighted by atomic mass is 9.79. The van der Waals surface area contributed by atoms with Gasteiger partial charge in [0.25, 0.3) is 0 Å². The number of nitrogens with zero attached hydrogens (tertiary/aromatic N) is 4. The van der Waals surface area contributed by atoms with Crippen molar-refractivity contribution in [3.63, 3.8) is 0 Å². The number of hydrogen-bond donors (Lipinski definition) is 1. The number of para-hydroxylation sites is 2. The molecular formula is C43H47N4O+. The van der Waals surface area contributed by atoms with E-state index in [1.165, 1.54) is 77.5 Å². The largest absolute Gasteiger partial charge is 0.396 e. The van der Waals surface area contributed by atoms with Crippen LogP contribution in [0.25, 0.3) is 43.6 Å². The summed E-state index contributed by atoms with van der Waals surface area (Å²) in [6.45, 7) is 11.6. The predicted molar refractivity (Wildman–Crippen MR) is 203 cm³/mol. The average Bonchev–Trinajstić information content (AvgIpc) is 3.71. The van der Waals surface area contributed by atoms with Gasteiger partial charge < -0.3 is 19.1 Å². The first-order chi connectivity index (χ1) is 23.6. The fourth-order valence-corrected chi connectivity index (χ4v) is 9.08. The van der Waals surface area contributed by atoms with E-state index >= 15 is 0 Å². The number of rotatable bonds is 7. The van der Waals surface area contributed by atoms with Crippen LogP contribution in [0.2, 0.25) is 0 Å². The summed E-state index contributed by atoms with van der Waals surface area (Å²) in [4.78, 5) is 2.44. The van der Waals surface area contributed by atoms with Crippen LogP contribution in [0.5, 0.6) is 0 Å². The number of benzene rings is 4. The predicted octanol–water partition coefficient (Wildman–Crippen LogP) is 9.38. The van der Waals surface area contributed by atoms with E-state index < -0.39 is 0 Å². The van der Waals surface area contributed by atoms with E-state index in [4.69, 9.17) is 1.37 Å².